The van der Waals surface area contributed by atoms with Gasteiger partial charge in [0.05, 0.1) is 6.04 Å². The van der Waals surface area contributed by atoms with Gasteiger partial charge in [-0.2, -0.15) is 0 Å². The SMILES string of the molecule is CC1=NC(c2cccc(C3=CC=CCC3)c2)C=C1. The van der Waals surface area contributed by atoms with E-state index in [0.717, 1.165) is 18.6 Å². The number of benzene rings is 1. The Morgan fingerprint density at radius 2 is 2.22 bits per heavy atom. The summed E-state index contributed by atoms with van der Waals surface area (Å²) in [5.41, 5.74) is 5.17. The van der Waals surface area contributed by atoms with E-state index in [0.29, 0.717) is 0 Å². The van der Waals surface area contributed by atoms with E-state index in [-0.39, 0.29) is 6.04 Å². The Morgan fingerprint density at radius 1 is 1.28 bits per heavy atom. The molecule has 1 aliphatic heterocycles. The highest BCUT2D eigenvalue weighted by atomic mass is 14.8. The summed E-state index contributed by atoms with van der Waals surface area (Å²) in [6.45, 7) is 2.05. The molecule has 0 amide bonds. The topological polar surface area (TPSA) is 12.4 Å². The molecule has 2 aliphatic rings. The summed E-state index contributed by atoms with van der Waals surface area (Å²) in [5.74, 6) is 0. The third kappa shape index (κ3) is 2.21. The fraction of sp³-hybridized carbons (Fsp3) is 0.235. The average Bonchev–Trinajstić information content (AvgIpc) is 2.87. The van der Waals surface area contributed by atoms with E-state index in [1.54, 1.807) is 0 Å². The van der Waals surface area contributed by atoms with Gasteiger partial charge < -0.3 is 0 Å². The molecule has 90 valence electrons. The van der Waals surface area contributed by atoms with E-state index in [9.17, 15) is 0 Å². The first-order valence-corrected chi connectivity index (χ1v) is 6.51. The third-order valence-electron chi connectivity index (χ3n) is 3.48. The van der Waals surface area contributed by atoms with Crippen molar-refractivity contribution in [3.63, 3.8) is 0 Å². The monoisotopic (exact) mass is 235 g/mol. The van der Waals surface area contributed by atoms with Gasteiger partial charge in [-0.15, -0.1) is 0 Å². The van der Waals surface area contributed by atoms with Crippen LogP contribution >= 0.6 is 0 Å². The zero-order valence-corrected chi connectivity index (χ0v) is 10.6. The number of allylic oxidation sites excluding steroid dienone is 5. The number of rotatable bonds is 2. The molecule has 0 spiro atoms. The Hall–Kier alpha value is -1.89. The summed E-state index contributed by atoms with van der Waals surface area (Å²) >= 11 is 0. The Morgan fingerprint density at radius 3 is 2.94 bits per heavy atom. The van der Waals surface area contributed by atoms with Gasteiger partial charge in [0, 0.05) is 5.71 Å². The second-order valence-electron chi connectivity index (χ2n) is 4.86. The summed E-state index contributed by atoms with van der Waals surface area (Å²) in [6, 6.07) is 9.00. The zero-order chi connectivity index (χ0) is 12.4. The van der Waals surface area contributed by atoms with Crippen LogP contribution in [-0.2, 0) is 0 Å². The second-order valence-corrected chi connectivity index (χ2v) is 4.86. The van der Waals surface area contributed by atoms with Gasteiger partial charge in [-0.1, -0.05) is 42.5 Å². The lowest BCUT2D eigenvalue weighted by Gasteiger charge is -2.12. The van der Waals surface area contributed by atoms with E-state index in [2.05, 4.69) is 66.6 Å². The molecule has 1 aromatic carbocycles. The van der Waals surface area contributed by atoms with Crippen LogP contribution in [0.4, 0.5) is 0 Å². The molecule has 0 N–H and O–H groups in total. The fourth-order valence-electron chi connectivity index (χ4n) is 2.49. The lowest BCUT2D eigenvalue weighted by molar-refractivity contribution is 0.929. The van der Waals surface area contributed by atoms with E-state index < -0.39 is 0 Å². The molecule has 1 unspecified atom stereocenters. The van der Waals surface area contributed by atoms with Crippen molar-refractivity contribution in [3.8, 4) is 0 Å². The van der Waals surface area contributed by atoms with E-state index >= 15 is 0 Å². The molecule has 1 nitrogen and oxygen atoms in total. The van der Waals surface area contributed by atoms with E-state index in [1.165, 1.54) is 16.7 Å². The second kappa shape index (κ2) is 4.77. The summed E-state index contributed by atoms with van der Waals surface area (Å²) in [6.07, 6.45) is 13.2. The standard InChI is InChI=1S/C17H17N/c1-13-10-11-17(18-13)16-9-5-8-15(12-16)14-6-3-2-4-7-14/h2-3,5-6,8-12,17H,4,7H2,1H3. The van der Waals surface area contributed by atoms with Gasteiger partial charge >= 0.3 is 0 Å². The highest BCUT2D eigenvalue weighted by molar-refractivity contribution is 5.95. The van der Waals surface area contributed by atoms with Crippen LogP contribution in [0, 0.1) is 0 Å². The minimum absolute atomic E-state index is 0.213. The Bertz CT molecular complexity index is 573. The molecule has 1 heteroatoms. The first-order chi connectivity index (χ1) is 8.83. The van der Waals surface area contributed by atoms with E-state index in [1.807, 2.05) is 0 Å². The van der Waals surface area contributed by atoms with Gasteiger partial charge in [-0.05, 0) is 48.6 Å². The number of hydrogen-bond acceptors (Lipinski definition) is 1. The highest BCUT2D eigenvalue weighted by Gasteiger charge is 2.12. The van der Waals surface area contributed by atoms with Gasteiger partial charge in [-0.3, -0.25) is 4.99 Å². The Labute approximate surface area is 108 Å². The summed E-state index contributed by atoms with van der Waals surface area (Å²) in [4.78, 5) is 4.62. The van der Waals surface area contributed by atoms with Crippen LogP contribution in [-0.4, -0.2) is 5.71 Å². The molecule has 0 saturated heterocycles. The van der Waals surface area contributed by atoms with Crippen molar-refractivity contribution in [2.24, 2.45) is 4.99 Å². The predicted molar refractivity (Wildman–Crippen MR) is 77.8 cm³/mol. The van der Waals surface area contributed by atoms with Crippen molar-refractivity contribution in [2.45, 2.75) is 25.8 Å². The van der Waals surface area contributed by atoms with Crippen molar-refractivity contribution in [2.75, 3.05) is 0 Å². The van der Waals surface area contributed by atoms with Crippen LogP contribution in [0.1, 0.15) is 36.9 Å². The first-order valence-electron chi connectivity index (χ1n) is 6.51. The van der Waals surface area contributed by atoms with Gasteiger partial charge in [0.25, 0.3) is 0 Å². The largest absolute Gasteiger partial charge is 0.278 e. The van der Waals surface area contributed by atoms with Crippen molar-refractivity contribution in [1.82, 2.24) is 0 Å². The fourth-order valence-corrected chi connectivity index (χ4v) is 2.49. The first kappa shape index (κ1) is 11.2. The molecule has 0 saturated carbocycles. The van der Waals surface area contributed by atoms with Crippen molar-refractivity contribution in [3.05, 3.63) is 65.8 Å². The van der Waals surface area contributed by atoms with Crippen LogP contribution in [0.5, 0.6) is 0 Å². The van der Waals surface area contributed by atoms with Crippen molar-refractivity contribution < 1.29 is 0 Å². The Balaban J connectivity index is 1.92. The summed E-state index contributed by atoms with van der Waals surface area (Å²) < 4.78 is 0. The molecule has 1 heterocycles. The van der Waals surface area contributed by atoms with Crippen LogP contribution in [0.15, 0.2) is 59.6 Å². The Kier molecular flexibility index (Phi) is 2.97. The van der Waals surface area contributed by atoms with Crippen LogP contribution < -0.4 is 0 Å². The lowest BCUT2D eigenvalue weighted by atomic mass is 9.94. The molecule has 1 aliphatic carbocycles. The number of hydrogen-bond donors (Lipinski definition) is 0. The van der Waals surface area contributed by atoms with Crippen LogP contribution in [0.3, 0.4) is 0 Å². The third-order valence-corrected chi connectivity index (χ3v) is 3.48. The zero-order valence-electron chi connectivity index (χ0n) is 10.6. The minimum Gasteiger partial charge on any atom is -0.278 e. The van der Waals surface area contributed by atoms with Gasteiger partial charge in [0.15, 0.2) is 0 Å². The quantitative estimate of drug-likeness (QED) is 0.716. The van der Waals surface area contributed by atoms with Crippen molar-refractivity contribution >= 4 is 11.3 Å². The molecule has 0 bridgehead atoms. The van der Waals surface area contributed by atoms with Crippen LogP contribution in [0.2, 0.25) is 0 Å². The number of nitrogens with zero attached hydrogens (tertiary/aromatic N) is 1. The average molecular weight is 235 g/mol. The number of aliphatic imine (C=N–C) groups is 1. The molecule has 0 fully saturated rings. The van der Waals surface area contributed by atoms with Gasteiger partial charge in [-0.25, -0.2) is 0 Å². The highest BCUT2D eigenvalue weighted by Crippen LogP contribution is 2.28. The normalized spacial score (nSPS) is 21.9. The maximum Gasteiger partial charge on any atom is 0.0937 e. The molecule has 1 aromatic rings. The van der Waals surface area contributed by atoms with Crippen molar-refractivity contribution in [1.29, 1.82) is 0 Å². The van der Waals surface area contributed by atoms with Crippen LogP contribution in [0.25, 0.3) is 5.57 Å². The summed E-state index contributed by atoms with van der Waals surface area (Å²) in [5, 5.41) is 0. The van der Waals surface area contributed by atoms with E-state index in [4.69, 9.17) is 0 Å². The molecular weight excluding hydrogens is 218 g/mol. The molecule has 3 rings (SSSR count). The molecule has 0 radical (unpaired) electrons. The van der Waals surface area contributed by atoms with Gasteiger partial charge in [0.1, 0.15) is 0 Å². The predicted octanol–water partition coefficient (Wildman–Crippen LogP) is 4.49. The summed E-state index contributed by atoms with van der Waals surface area (Å²) in [7, 11) is 0. The maximum absolute atomic E-state index is 4.62. The lowest BCUT2D eigenvalue weighted by Crippen LogP contribution is -1.93. The molecule has 0 aromatic heterocycles. The maximum atomic E-state index is 4.62. The molecule has 18 heavy (non-hydrogen) atoms. The van der Waals surface area contributed by atoms with Gasteiger partial charge in [0.2, 0.25) is 0 Å². The minimum atomic E-state index is 0.213. The molecular formula is C17H17N. The molecule has 1 atom stereocenters. The smallest absolute Gasteiger partial charge is 0.0937 e.